The number of fused-ring (bicyclic) bond motifs is 1. The van der Waals surface area contributed by atoms with Crippen LogP contribution in [0.25, 0.3) is 21.9 Å². The number of halogens is 2. The monoisotopic (exact) mass is 354 g/mol. The first-order valence-electron chi connectivity index (χ1n) is 8.38. The summed E-state index contributed by atoms with van der Waals surface area (Å²) in [6.45, 7) is 0.831. The van der Waals surface area contributed by atoms with Crippen LogP contribution < -0.4 is 9.47 Å². The molecule has 0 amide bonds. The molecule has 0 fully saturated rings. The molecular weight excluding hydrogens is 334 g/mol. The van der Waals surface area contributed by atoms with Gasteiger partial charge in [0, 0.05) is 5.39 Å². The summed E-state index contributed by atoms with van der Waals surface area (Å²) in [5.74, 6) is 1.04. The molecule has 0 unspecified atom stereocenters. The van der Waals surface area contributed by atoms with Gasteiger partial charge in [-0.3, -0.25) is 0 Å². The summed E-state index contributed by atoms with van der Waals surface area (Å²) in [6, 6.07) is 17.2. The molecule has 0 N–H and O–H groups in total. The Morgan fingerprint density at radius 2 is 1.73 bits per heavy atom. The molecule has 3 aromatic rings. The molecule has 0 radical (unpaired) electrons. The lowest BCUT2D eigenvalue weighted by molar-refractivity contribution is -0.0493. The predicted molar refractivity (Wildman–Crippen MR) is 101 cm³/mol. The van der Waals surface area contributed by atoms with E-state index in [1.807, 2.05) is 54.6 Å². The summed E-state index contributed by atoms with van der Waals surface area (Å²) in [4.78, 5) is 0. The Bertz CT molecular complexity index is 902. The molecule has 2 nitrogen and oxygen atoms in total. The van der Waals surface area contributed by atoms with E-state index in [4.69, 9.17) is 9.47 Å². The molecule has 26 heavy (non-hydrogen) atoms. The number of benzene rings is 3. The Labute approximate surface area is 151 Å². The van der Waals surface area contributed by atoms with Crippen LogP contribution in [-0.4, -0.2) is 13.7 Å². The standard InChI is InChI=1S/C22H20F2O2/c1-3-4-5-16-6-7-18-14-17(15-8-11-19(25-2)12-9-15)10-13-20(18)21(16)26-22(23)24/h3,6-14,22H,1,4-5H2,2H3. The summed E-state index contributed by atoms with van der Waals surface area (Å²) < 4.78 is 35.9. The molecule has 0 atom stereocenters. The molecule has 0 heterocycles. The summed E-state index contributed by atoms with van der Waals surface area (Å²) in [6.07, 6.45) is 3.08. The van der Waals surface area contributed by atoms with E-state index < -0.39 is 6.61 Å². The number of allylic oxidation sites excluding steroid dienone is 1. The molecule has 0 saturated heterocycles. The van der Waals surface area contributed by atoms with Crippen LogP contribution in [0.3, 0.4) is 0 Å². The van der Waals surface area contributed by atoms with E-state index in [9.17, 15) is 8.78 Å². The lowest BCUT2D eigenvalue weighted by atomic mass is 9.97. The molecule has 0 aromatic heterocycles. The third-order valence-corrected chi connectivity index (χ3v) is 4.30. The minimum absolute atomic E-state index is 0.251. The second kappa shape index (κ2) is 8.00. The van der Waals surface area contributed by atoms with E-state index >= 15 is 0 Å². The maximum absolute atomic E-state index is 12.9. The average Bonchev–Trinajstić information content (AvgIpc) is 2.66. The fraction of sp³-hybridized carbons (Fsp3) is 0.182. The third-order valence-electron chi connectivity index (χ3n) is 4.30. The number of ether oxygens (including phenoxy) is 2. The maximum Gasteiger partial charge on any atom is 0.387 e. The zero-order valence-corrected chi connectivity index (χ0v) is 14.5. The van der Waals surface area contributed by atoms with Gasteiger partial charge in [-0.2, -0.15) is 8.78 Å². The second-order valence-corrected chi connectivity index (χ2v) is 5.92. The van der Waals surface area contributed by atoms with Crippen molar-refractivity contribution in [3.63, 3.8) is 0 Å². The van der Waals surface area contributed by atoms with Crippen molar-refractivity contribution >= 4 is 10.8 Å². The van der Waals surface area contributed by atoms with Gasteiger partial charge >= 0.3 is 6.61 Å². The molecule has 0 spiro atoms. The fourth-order valence-electron chi connectivity index (χ4n) is 2.99. The second-order valence-electron chi connectivity index (χ2n) is 5.92. The Balaban J connectivity index is 2.05. The topological polar surface area (TPSA) is 18.5 Å². The molecule has 134 valence electrons. The number of methoxy groups -OCH3 is 1. The molecular formula is C22H20F2O2. The Hall–Kier alpha value is -2.88. The van der Waals surface area contributed by atoms with Crippen LogP contribution in [0.5, 0.6) is 11.5 Å². The van der Waals surface area contributed by atoms with E-state index in [0.717, 1.165) is 27.8 Å². The average molecular weight is 354 g/mol. The summed E-state index contributed by atoms with van der Waals surface area (Å²) in [5.41, 5.74) is 2.79. The van der Waals surface area contributed by atoms with E-state index in [2.05, 4.69) is 6.58 Å². The molecule has 0 aliphatic rings. The van der Waals surface area contributed by atoms with Gasteiger partial charge in [-0.25, -0.2) is 0 Å². The van der Waals surface area contributed by atoms with Crippen molar-refractivity contribution in [1.29, 1.82) is 0 Å². The minimum Gasteiger partial charge on any atom is -0.497 e. The van der Waals surface area contributed by atoms with E-state index in [1.54, 1.807) is 13.2 Å². The van der Waals surface area contributed by atoms with Gasteiger partial charge in [0.1, 0.15) is 11.5 Å². The first kappa shape index (κ1) is 17.9. The maximum atomic E-state index is 12.9. The zero-order chi connectivity index (χ0) is 18.5. The van der Waals surface area contributed by atoms with E-state index in [0.29, 0.717) is 18.2 Å². The van der Waals surface area contributed by atoms with Gasteiger partial charge < -0.3 is 9.47 Å². The summed E-state index contributed by atoms with van der Waals surface area (Å²) in [7, 11) is 1.62. The van der Waals surface area contributed by atoms with Crippen molar-refractivity contribution in [3.05, 3.63) is 72.8 Å². The quantitative estimate of drug-likeness (QED) is 0.468. The van der Waals surface area contributed by atoms with Gasteiger partial charge in [0.25, 0.3) is 0 Å². The van der Waals surface area contributed by atoms with Crippen LogP contribution in [0.15, 0.2) is 67.3 Å². The molecule has 3 aromatic carbocycles. The first-order valence-corrected chi connectivity index (χ1v) is 8.38. The first-order chi connectivity index (χ1) is 12.6. The molecule has 0 aliphatic carbocycles. The van der Waals surface area contributed by atoms with Crippen LogP contribution in [0.2, 0.25) is 0 Å². The molecule has 0 saturated carbocycles. The lowest BCUT2D eigenvalue weighted by Crippen LogP contribution is -2.05. The van der Waals surface area contributed by atoms with Gasteiger partial charge in [0.2, 0.25) is 0 Å². The number of rotatable bonds is 7. The van der Waals surface area contributed by atoms with Gasteiger partial charge in [0.15, 0.2) is 0 Å². The van der Waals surface area contributed by atoms with Crippen LogP contribution in [0.4, 0.5) is 8.78 Å². The highest BCUT2D eigenvalue weighted by Crippen LogP contribution is 2.35. The summed E-state index contributed by atoms with van der Waals surface area (Å²) >= 11 is 0. The van der Waals surface area contributed by atoms with Gasteiger partial charge in [-0.15, -0.1) is 6.58 Å². The lowest BCUT2D eigenvalue weighted by Gasteiger charge is -2.14. The van der Waals surface area contributed by atoms with Gasteiger partial charge in [0.05, 0.1) is 7.11 Å². The van der Waals surface area contributed by atoms with Crippen LogP contribution in [0.1, 0.15) is 12.0 Å². The number of aryl methyl sites for hydroxylation is 1. The number of hydrogen-bond donors (Lipinski definition) is 0. The van der Waals surface area contributed by atoms with Gasteiger partial charge in [-0.05, 0) is 53.1 Å². The minimum atomic E-state index is -2.86. The SMILES string of the molecule is C=CCCc1ccc2cc(-c3ccc(OC)cc3)ccc2c1OC(F)F. The van der Waals surface area contributed by atoms with Crippen molar-refractivity contribution in [2.75, 3.05) is 7.11 Å². The molecule has 3 rings (SSSR count). The number of alkyl halides is 2. The molecule has 0 aliphatic heterocycles. The smallest absolute Gasteiger partial charge is 0.387 e. The highest BCUT2D eigenvalue weighted by atomic mass is 19.3. The van der Waals surface area contributed by atoms with Crippen molar-refractivity contribution < 1.29 is 18.3 Å². The predicted octanol–water partition coefficient (Wildman–Crippen LogP) is 6.24. The Morgan fingerprint density at radius 3 is 2.38 bits per heavy atom. The van der Waals surface area contributed by atoms with Crippen LogP contribution in [-0.2, 0) is 6.42 Å². The van der Waals surface area contributed by atoms with Crippen LogP contribution >= 0.6 is 0 Å². The van der Waals surface area contributed by atoms with E-state index in [-0.39, 0.29) is 5.75 Å². The fourth-order valence-corrected chi connectivity index (χ4v) is 2.99. The number of hydrogen-bond acceptors (Lipinski definition) is 2. The summed E-state index contributed by atoms with van der Waals surface area (Å²) in [5, 5.41) is 1.54. The van der Waals surface area contributed by atoms with E-state index in [1.165, 1.54) is 0 Å². The molecule has 0 bridgehead atoms. The van der Waals surface area contributed by atoms with Crippen molar-refractivity contribution in [2.24, 2.45) is 0 Å². The Kier molecular flexibility index (Phi) is 5.52. The van der Waals surface area contributed by atoms with Crippen molar-refractivity contribution in [2.45, 2.75) is 19.5 Å². The van der Waals surface area contributed by atoms with Crippen molar-refractivity contribution in [3.8, 4) is 22.6 Å². The molecule has 4 heteroatoms. The third kappa shape index (κ3) is 3.85. The van der Waals surface area contributed by atoms with Crippen LogP contribution in [0, 0.1) is 0 Å². The van der Waals surface area contributed by atoms with Crippen molar-refractivity contribution in [1.82, 2.24) is 0 Å². The highest BCUT2D eigenvalue weighted by Gasteiger charge is 2.14. The highest BCUT2D eigenvalue weighted by molar-refractivity contribution is 5.93. The normalized spacial score (nSPS) is 10.9. The van der Waals surface area contributed by atoms with Gasteiger partial charge in [-0.1, -0.05) is 42.5 Å². The Morgan fingerprint density at radius 1 is 1.00 bits per heavy atom. The zero-order valence-electron chi connectivity index (χ0n) is 14.5. The largest absolute Gasteiger partial charge is 0.497 e.